The summed E-state index contributed by atoms with van der Waals surface area (Å²) < 4.78 is 3.99. The molecule has 0 aromatic rings. The largest absolute Gasteiger partial charge is 0.506 e. The fourth-order valence-electron chi connectivity index (χ4n) is 0.130. The van der Waals surface area contributed by atoms with Crippen molar-refractivity contribution in [3.8, 4) is 6.07 Å². The maximum Gasteiger partial charge on any atom is 0.506 e. The van der Waals surface area contributed by atoms with Crippen molar-refractivity contribution < 1.29 is 14.6 Å². The molecule has 0 radical (unpaired) electrons. The van der Waals surface area contributed by atoms with Crippen LogP contribution in [0, 0.1) is 11.3 Å². The lowest BCUT2D eigenvalue weighted by Gasteiger charge is -1.88. The molecule has 0 aliphatic heterocycles. The first-order valence-corrected chi connectivity index (χ1v) is 2.46. The number of carbonyl (C=O) groups is 1. The van der Waals surface area contributed by atoms with Crippen LogP contribution in [0.4, 0.5) is 4.79 Å². The van der Waals surface area contributed by atoms with Crippen LogP contribution < -0.4 is 0 Å². The first-order chi connectivity index (χ1) is 4.68. The van der Waals surface area contributed by atoms with Gasteiger partial charge in [0.15, 0.2) is 0 Å². The van der Waals surface area contributed by atoms with E-state index in [1.807, 2.05) is 0 Å². The average Bonchev–Trinajstić information content (AvgIpc) is 1.85. The van der Waals surface area contributed by atoms with E-state index in [2.05, 4.69) is 11.3 Å². The Morgan fingerprint density at radius 2 is 2.40 bits per heavy atom. The van der Waals surface area contributed by atoms with Gasteiger partial charge in [0, 0.05) is 6.92 Å². The van der Waals surface area contributed by atoms with E-state index in [9.17, 15) is 4.79 Å². The van der Waals surface area contributed by atoms with Crippen molar-refractivity contribution in [1.29, 1.82) is 5.26 Å². The number of nitrogens with zero attached hydrogens (tertiary/aromatic N) is 1. The van der Waals surface area contributed by atoms with Gasteiger partial charge < -0.3 is 9.84 Å². The molecular weight excluding hydrogens is 134 g/mol. The molecule has 4 nitrogen and oxygen atoms in total. The third-order valence-electron chi connectivity index (χ3n) is 0.325. The highest BCUT2D eigenvalue weighted by atomic mass is 16.7. The van der Waals surface area contributed by atoms with Gasteiger partial charge in [0.2, 0.25) is 0 Å². The molecule has 0 saturated heterocycles. The summed E-state index contributed by atoms with van der Waals surface area (Å²) in [6, 6.07) is 1.75. The van der Waals surface area contributed by atoms with Crippen molar-refractivity contribution >= 4 is 6.16 Å². The van der Waals surface area contributed by atoms with Gasteiger partial charge in [0.05, 0.1) is 6.07 Å². The van der Waals surface area contributed by atoms with Crippen LogP contribution in [0.1, 0.15) is 6.92 Å². The van der Waals surface area contributed by atoms with E-state index in [4.69, 9.17) is 10.4 Å². The van der Waals surface area contributed by atoms with E-state index in [1.165, 1.54) is 13.0 Å². The van der Waals surface area contributed by atoms with Gasteiger partial charge in [-0.05, 0) is 0 Å². The Morgan fingerprint density at radius 3 is 2.50 bits per heavy atom. The minimum atomic E-state index is -1.26. The molecule has 0 aromatic carbocycles. The summed E-state index contributed by atoms with van der Waals surface area (Å²) in [7, 11) is 0. The number of hydrogen-bond acceptors (Lipinski definition) is 3. The Balaban J connectivity index is 0. The molecule has 0 aliphatic rings. The van der Waals surface area contributed by atoms with Crippen LogP contribution in [0.15, 0.2) is 12.7 Å². The highest BCUT2D eigenvalue weighted by molar-refractivity contribution is 5.56. The van der Waals surface area contributed by atoms with Crippen molar-refractivity contribution in [3.05, 3.63) is 12.7 Å². The molecule has 0 amide bonds. The lowest BCUT2D eigenvalue weighted by molar-refractivity contribution is 0.102. The summed E-state index contributed by atoms with van der Waals surface area (Å²) in [5.74, 6) is 0. The van der Waals surface area contributed by atoms with Crippen LogP contribution in [-0.4, -0.2) is 17.9 Å². The van der Waals surface area contributed by atoms with E-state index >= 15 is 0 Å². The zero-order chi connectivity index (χ0) is 8.41. The summed E-state index contributed by atoms with van der Waals surface area (Å²) in [5.41, 5.74) is 0. The molecular formula is C6H9NO3. The zero-order valence-electron chi connectivity index (χ0n) is 5.70. The van der Waals surface area contributed by atoms with E-state index < -0.39 is 6.16 Å². The van der Waals surface area contributed by atoms with E-state index in [0.29, 0.717) is 0 Å². The van der Waals surface area contributed by atoms with Gasteiger partial charge >= 0.3 is 6.16 Å². The Hall–Kier alpha value is -1.50. The van der Waals surface area contributed by atoms with Crippen LogP contribution in [0.5, 0.6) is 0 Å². The lowest BCUT2D eigenvalue weighted by Crippen LogP contribution is -1.98. The molecule has 0 aliphatic carbocycles. The number of carboxylic acid groups (broad SMARTS) is 1. The van der Waals surface area contributed by atoms with Crippen LogP contribution in [0.3, 0.4) is 0 Å². The van der Waals surface area contributed by atoms with Crippen molar-refractivity contribution in [2.24, 2.45) is 0 Å². The second kappa shape index (κ2) is 10.5. The van der Waals surface area contributed by atoms with Gasteiger partial charge in [0.1, 0.15) is 6.61 Å². The second-order valence-corrected chi connectivity index (χ2v) is 1.09. The molecule has 0 bridgehead atoms. The normalized spacial score (nSPS) is 6.00. The predicted octanol–water partition coefficient (Wildman–Crippen LogP) is 1.40. The van der Waals surface area contributed by atoms with E-state index in [0.717, 1.165) is 0 Å². The quantitative estimate of drug-likeness (QED) is 0.468. The third kappa shape index (κ3) is 31.5. The van der Waals surface area contributed by atoms with Crippen LogP contribution in [0.2, 0.25) is 0 Å². The van der Waals surface area contributed by atoms with Gasteiger partial charge in [0.25, 0.3) is 0 Å². The SMILES string of the molecule is C=CCOC(=O)O.CC#N. The number of nitriles is 1. The number of rotatable bonds is 2. The first kappa shape index (κ1) is 11.3. The minimum absolute atomic E-state index is 0.0648. The Labute approximate surface area is 59.3 Å². The first-order valence-electron chi connectivity index (χ1n) is 2.46. The van der Waals surface area contributed by atoms with Crippen molar-refractivity contribution in [1.82, 2.24) is 0 Å². The molecule has 0 unspecified atom stereocenters. The maximum absolute atomic E-state index is 9.49. The third-order valence-corrected chi connectivity index (χ3v) is 0.325. The maximum atomic E-state index is 9.49. The Kier molecular flexibility index (Phi) is 11.9. The second-order valence-electron chi connectivity index (χ2n) is 1.09. The van der Waals surface area contributed by atoms with Gasteiger partial charge in [-0.25, -0.2) is 4.79 Å². The number of ether oxygens (including phenoxy) is 1. The Bertz CT molecular complexity index is 136. The summed E-state index contributed by atoms with van der Waals surface area (Å²) in [6.45, 7) is 4.74. The van der Waals surface area contributed by atoms with Crippen molar-refractivity contribution in [2.45, 2.75) is 6.92 Å². The zero-order valence-corrected chi connectivity index (χ0v) is 5.70. The summed E-state index contributed by atoms with van der Waals surface area (Å²) in [5, 5.41) is 15.1. The van der Waals surface area contributed by atoms with Gasteiger partial charge in [-0.3, -0.25) is 0 Å². The van der Waals surface area contributed by atoms with Crippen LogP contribution in [-0.2, 0) is 4.74 Å². The predicted molar refractivity (Wildman–Crippen MR) is 35.5 cm³/mol. The van der Waals surface area contributed by atoms with E-state index in [1.54, 1.807) is 6.07 Å². The topological polar surface area (TPSA) is 70.3 Å². The Morgan fingerprint density at radius 1 is 2.00 bits per heavy atom. The standard InChI is InChI=1S/C4H6O3.C2H3N/c1-2-3-7-4(5)6;1-2-3/h2H,1,3H2,(H,5,6);1H3. The molecule has 0 heterocycles. The molecule has 0 saturated carbocycles. The molecule has 4 heteroatoms. The molecule has 0 fully saturated rings. The summed E-state index contributed by atoms with van der Waals surface area (Å²) in [6.07, 6.45) is 0.105. The minimum Gasteiger partial charge on any atom is -0.450 e. The average molecular weight is 143 g/mol. The van der Waals surface area contributed by atoms with Crippen molar-refractivity contribution in [3.63, 3.8) is 0 Å². The fourth-order valence-corrected chi connectivity index (χ4v) is 0.130. The van der Waals surface area contributed by atoms with Crippen LogP contribution >= 0.6 is 0 Å². The van der Waals surface area contributed by atoms with E-state index in [-0.39, 0.29) is 6.61 Å². The number of hydrogen-bond donors (Lipinski definition) is 1. The molecule has 0 spiro atoms. The summed E-state index contributed by atoms with van der Waals surface area (Å²) in [4.78, 5) is 9.49. The molecule has 0 atom stereocenters. The molecule has 1 N–H and O–H groups in total. The van der Waals surface area contributed by atoms with Gasteiger partial charge in [-0.15, -0.1) is 0 Å². The van der Waals surface area contributed by atoms with Gasteiger partial charge in [-0.1, -0.05) is 12.7 Å². The van der Waals surface area contributed by atoms with Crippen LogP contribution in [0.25, 0.3) is 0 Å². The fraction of sp³-hybridized carbons (Fsp3) is 0.333. The highest BCUT2D eigenvalue weighted by Crippen LogP contribution is 1.73. The molecule has 0 rings (SSSR count). The molecule has 56 valence electrons. The van der Waals surface area contributed by atoms with Gasteiger partial charge in [-0.2, -0.15) is 5.26 Å². The monoisotopic (exact) mass is 143 g/mol. The molecule has 0 aromatic heterocycles. The smallest absolute Gasteiger partial charge is 0.450 e. The molecule has 10 heavy (non-hydrogen) atoms. The highest BCUT2D eigenvalue weighted by Gasteiger charge is 1.87. The van der Waals surface area contributed by atoms with Crippen molar-refractivity contribution in [2.75, 3.05) is 6.61 Å². The summed E-state index contributed by atoms with van der Waals surface area (Å²) >= 11 is 0. The lowest BCUT2D eigenvalue weighted by atomic mass is 10.7.